The van der Waals surface area contributed by atoms with Crippen molar-refractivity contribution in [2.45, 2.75) is 13.0 Å². The van der Waals surface area contributed by atoms with Gasteiger partial charge in [-0.25, -0.2) is 9.18 Å². The number of nitrogens with one attached hydrogen (secondary N) is 1. The van der Waals surface area contributed by atoms with E-state index in [1.54, 1.807) is 29.2 Å². The summed E-state index contributed by atoms with van der Waals surface area (Å²) in [6, 6.07) is 9.52. The van der Waals surface area contributed by atoms with Gasteiger partial charge in [0.05, 0.1) is 23.2 Å². The lowest BCUT2D eigenvalue weighted by molar-refractivity contribution is -0.384. The Balaban J connectivity index is 1.97. The minimum atomic E-state index is -0.659. The number of carbonyl (C=O) groups is 1. The summed E-state index contributed by atoms with van der Waals surface area (Å²) in [6.07, 6.45) is 0.0579. The molecule has 3 aromatic rings. The summed E-state index contributed by atoms with van der Waals surface area (Å²) >= 11 is 0. The third-order valence-corrected chi connectivity index (χ3v) is 4.92. The van der Waals surface area contributed by atoms with Gasteiger partial charge < -0.3 is 21.1 Å². The number of nitro groups is 1. The van der Waals surface area contributed by atoms with Gasteiger partial charge in [0, 0.05) is 25.2 Å². The minimum absolute atomic E-state index is 0.0236. The smallest absolute Gasteiger partial charge is 0.337 e. The van der Waals surface area contributed by atoms with Crippen LogP contribution in [0.3, 0.4) is 0 Å². The van der Waals surface area contributed by atoms with E-state index in [1.807, 2.05) is 0 Å². The minimum Gasteiger partial charge on any atom is -0.465 e. The fourth-order valence-corrected chi connectivity index (χ4v) is 3.30. The van der Waals surface area contributed by atoms with Crippen LogP contribution >= 0.6 is 0 Å². The van der Waals surface area contributed by atoms with E-state index in [0.717, 1.165) is 18.2 Å². The molecule has 0 aliphatic carbocycles. The SMILES string of the molecule is COC(=O)c1ccc(CN(CCc2c(N)nc(N)[nH]c2=O)c2cc(F)ccc2[N+](=O)[O-])cc1. The first-order valence-electron chi connectivity index (χ1n) is 9.70. The van der Waals surface area contributed by atoms with Crippen molar-refractivity contribution in [1.82, 2.24) is 9.97 Å². The van der Waals surface area contributed by atoms with Crippen LogP contribution in [0.1, 0.15) is 21.5 Å². The van der Waals surface area contributed by atoms with Crippen LogP contribution in [-0.4, -0.2) is 34.5 Å². The van der Waals surface area contributed by atoms with Gasteiger partial charge in [-0.3, -0.25) is 19.9 Å². The van der Waals surface area contributed by atoms with Crippen LogP contribution in [0.5, 0.6) is 0 Å². The summed E-state index contributed by atoms with van der Waals surface area (Å²) in [7, 11) is 1.26. The predicted octanol–water partition coefficient (Wildman–Crippen LogP) is 2.02. The number of H-pyrrole nitrogens is 1. The maximum atomic E-state index is 14.0. The molecule has 3 rings (SSSR count). The van der Waals surface area contributed by atoms with Crippen molar-refractivity contribution in [3.63, 3.8) is 0 Å². The van der Waals surface area contributed by atoms with Crippen LogP contribution in [0.25, 0.3) is 0 Å². The summed E-state index contributed by atoms with van der Waals surface area (Å²) in [4.78, 5) is 42.6. The van der Waals surface area contributed by atoms with Gasteiger partial charge in [-0.1, -0.05) is 12.1 Å². The fourth-order valence-electron chi connectivity index (χ4n) is 3.30. The Morgan fingerprint density at radius 1 is 1.24 bits per heavy atom. The third-order valence-electron chi connectivity index (χ3n) is 4.92. The number of aromatic amines is 1. The van der Waals surface area contributed by atoms with E-state index >= 15 is 0 Å². The lowest BCUT2D eigenvalue weighted by atomic mass is 10.1. The van der Waals surface area contributed by atoms with Gasteiger partial charge in [-0.15, -0.1) is 0 Å². The standard InChI is InChI=1S/C21H21FN6O5/c1-33-20(30)13-4-2-12(3-5-13)11-27(17-10-14(22)6-7-16(17)28(31)32)9-8-15-18(23)25-21(24)26-19(15)29/h2-7,10H,8-9,11H2,1H3,(H5,23,24,25,26,29). The maximum Gasteiger partial charge on any atom is 0.337 e. The molecule has 0 spiro atoms. The van der Waals surface area contributed by atoms with Crippen molar-refractivity contribution in [3.8, 4) is 0 Å². The third kappa shape index (κ3) is 5.42. The predicted molar refractivity (Wildman–Crippen MR) is 119 cm³/mol. The van der Waals surface area contributed by atoms with Crippen LogP contribution in [-0.2, 0) is 17.7 Å². The molecule has 11 nitrogen and oxygen atoms in total. The van der Waals surface area contributed by atoms with Gasteiger partial charge >= 0.3 is 5.97 Å². The highest BCUT2D eigenvalue weighted by Gasteiger charge is 2.22. The van der Waals surface area contributed by atoms with E-state index in [-0.39, 0.29) is 48.2 Å². The molecule has 0 atom stereocenters. The van der Waals surface area contributed by atoms with E-state index in [4.69, 9.17) is 11.5 Å². The first-order chi connectivity index (χ1) is 15.7. The topological polar surface area (TPSA) is 170 Å². The highest BCUT2D eigenvalue weighted by molar-refractivity contribution is 5.89. The number of rotatable bonds is 8. The van der Waals surface area contributed by atoms with Gasteiger partial charge in [0.1, 0.15) is 17.3 Å². The second kappa shape index (κ2) is 9.77. The van der Waals surface area contributed by atoms with E-state index in [2.05, 4.69) is 14.7 Å². The van der Waals surface area contributed by atoms with Crippen LogP contribution in [0.2, 0.25) is 0 Å². The largest absolute Gasteiger partial charge is 0.465 e. The highest BCUT2D eigenvalue weighted by Crippen LogP contribution is 2.30. The second-order valence-corrected chi connectivity index (χ2v) is 7.07. The molecule has 0 fully saturated rings. The van der Waals surface area contributed by atoms with Crippen molar-refractivity contribution in [1.29, 1.82) is 0 Å². The molecule has 2 aromatic carbocycles. The van der Waals surface area contributed by atoms with Gasteiger partial charge in [-0.2, -0.15) is 4.98 Å². The number of esters is 1. The Kier molecular flexibility index (Phi) is 6.86. The van der Waals surface area contributed by atoms with Gasteiger partial charge in [-0.05, 0) is 30.2 Å². The normalized spacial score (nSPS) is 10.6. The number of benzene rings is 2. The maximum absolute atomic E-state index is 14.0. The average molecular weight is 456 g/mol. The summed E-state index contributed by atoms with van der Waals surface area (Å²) in [6.45, 7) is 0.188. The molecule has 0 saturated carbocycles. The van der Waals surface area contributed by atoms with E-state index in [1.165, 1.54) is 7.11 Å². The Bertz CT molecular complexity index is 1240. The molecule has 0 saturated heterocycles. The van der Waals surface area contributed by atoms with Crippen LogP contribution in [0.4, 0.5) is 27.5 Å². The summed E-state index contributed by atoms with van der Waals surface area (Å²) in [5.74, 6) is -1.37. The molecule has 0 unspecified atom stereocenters. The molecule has 0 amide bonds. The average Bonchev–Trinajstić information content (AvgIpc) is 2.77. The van der Waals surface area contributed by atoms with Crippen molar-refractivity contribution >= 4 is 29.1 Å². The highest BCUT2D eigenvalue weighted by atomic mass is 19.1. The number of nitrogen functional groups attached to an aromatic ring is 2. The molecule has 172 valence electrons. The van der Waals surface area contributed by atoms with Crippen molar-refractivity contribution in [3.05, 3.63) is 85.4 Å². The molecule has 1 heterocycles. The van der Waals surface area contributed by atoms with Crippen molar-refractivity contribution in [2.24, 2.45) is 0 Å². The molecule has 33 heavy (non-hydrogen) atoms. The lowest BCUT2D eigenvalue weighted by Crippen LogP contribution is -2.29. The van der Waals surface area contributed by atoms with E-state index in [9.17, 15) is 24.1 Å². The van der Waals surface area contributed by atoms with Gasteiger partial charge in [0.2, 0.25) is 5.95 Å². The number of nitro benzene ring substituents is 1. The van der Waals surface area contributed by atoms with Crippen molar-refractivity contribution in [2.75, 3.05) is 30.0 Å². The Hall–Kier alpha value is -4.48. The number of anilines is 3. The molecule has 0 aliphatic heterocycles. The van der Waals surface area contributed by atoms with Crippen LogP contribution in [0.15, 0.2) is 47.3 Å². The summed E-state index contributed by atoms with van der Waals surface area (Å²) in [5, 5.41) is 11.6. The van der Waals surface area contributed by atoms with Crippen molar-refractivity contribution < 1.29 is 18.8 Å². The number of methoxy groups -OCH3 is 1. The number of nitrogens with two attached hydrogens (primary N) is 2. The Morgan fingerprint density at radius 2 is 1.94 bits per heavy atom. The monoisotopic (exact) mass is 456 g/mol. The zero-order valence-electron chi connectivity index (χ0n) is 17.6. The fraction of sp³-hybridized carbons (Fsp3) is 0.190. The zero-order valence-corrected chi connectivity index (χ0v) is 17.6. The molecule has 0 aliphatic rings. The first kappa shape index (κ1) is 23.2. The molecule has 12 heteroatoms. The molecule has 1 aromatic heterocycles. The van der Waals surface area contributed by atoms with Crippen LogP contribution < -0.4 is 21.9 Å². The van der Waals surface area contributed by atoms with E-state index in [0.29, 0.717) is 11.1 Å². The number of hydrogen-bond donors (Lipinski definition) is 3. The molecular formula is C21H21FN6O5. The quantitative estimate of drug-likeness (QED) is 0.260. The number of hydrogen-bond acceptors (Lipinski definition) is 9. The Morgan fingerprint density at radius 3 is 2.55 bits per heavy atom. The zero-order chi connectivity index (χ0) is 24.1. The molecule has 0 bridgehead atoms. The second-order valence-electron chi connectivity index (χ2n) is 7.07. The number of halogens is 1. The van der Waals surface area contributed by atoms with Gasteiger partial charge in [0.15, 0.2) is 0 Å². The van der Waals surface area contributed by atoms with Crippen LogP contribution in [0, 0.1) is 15.9 Å². The van der Waals surface area contributed by atoms with Gasteiger partial charge in [0.25, 0.3) is 11.2 Å². The number of nitrogens with zero attached hydrogens (tertiary/aromatic N) is 3. The molecule has 0 radical (unpaired) electrons. The molecular weight excluding hydrogens is 435 g/mol. The first-order valence-corrected chi connectivity index (χ1v) is 9.70. The molecule has 5 N–H and O–H groups in total. The number of aromatic nitrogens is 2. The van der Waals surface area contributed by atoms with E-state index < -0.39 is 22.3 Å². The number of carbonyl (C=O) groups excluding carboxylic acids is 1. The lowest BCUT2D eigenvalue weighted by Gasteiger charge is -2.25. The summed E-state index contributed by atoms with van der Waals surface area (Å²) in [5.41, 5.74) is 11.6. The summed E-state index contributed by atoms with van der Waals surface area (Å²) < 4.78 is 18.7. The number of ether oxygens (including phenoxy) is 1. The Labute approximate surface area is 187 Å².